The first-order chi connectivity index (χ1) is 9.77. The van der Waals surface area contributed by atoms with Gasteiger partial charge < -0.3 is 0 Å². The SMILES string of the molecule is CCCCCCCCCCCCOS(=O)(=O)OS(=O)(=O)O. The monoisotopic (exact) mass is 346 g/mol. The van der Waals surface area contributed by atoms with Crippen LogP contribution in [-0.4, -0.2) is 28.0 Å². The minimum absolute atomic E-state index is 0.158. The van der Waals surface area contributed by atoms with Crippen molar-refractivity contribution in [1.82, 2.24) is 0 Å². The molecule has 0 aliphatic rings. The van der Waals surface area contributed by atoms with E-state index in [1.54, 1.807) is 0 Å². The lowest BCUT2D eigenvalue weighted by Gasteiger charge is -2.04. The highest BCUT2D eigenvalue weighted by Gasteiger charge is 2.20. The predicted molar refractivity (Wildman–Crippen MR) is 79.3 cm³/mol. The van der Waals surface area contributed by atoms with Crippen molar-refractivity contribution >= 4 is 20.8 Å². The third-order valence-corrected chi connectivity index (χ3v) is 4.70. The average Bonchev–Trinajstić information content (AvgIpc) is 2.33. The third kappa shape index (κ3) is 16.0. The van der Waals surface area contributed by atoms with Crippen LogP contribution in [0.3, 0.4) is 0 Å². The molecule has 0 saturated carbocycles. The van der Waals surface area contributed by atoms with Crippen molar-refractivity contribution in [1.29, 1.82) is 0 Å². The zero-order valence-electron chi connectivity index (χ0n) is 12.5. The Morgan fingerprint density at radius 3 is 1.62 bits per heavy atom. The van der Waals surface area contributed by atoms with Crippen LogP contribution in [0.4, 0.5) is 0 Å². The highest BCUT2D eigenvalue weighted by atomic mass is 32.3. The van der Waals surface area contributed by atoms with Gasteiger partial charge in [-0.3, -0.25) is 4.55 Å². The molecule has 128 valence electrons. The lowest BCUT2D eigenvalue weighted by Crippen LogP contribution is -2.15. The Morgan fingerprint density at radius 1 is 0.762 bits per heavy atom. The van der Waals surface area contributed by atoms with Crippen molar-refractivity contribution in [3.05, 3.63) is 0 Å². The maximum absolute atomic E-state index is 10.9. The van der Waals surface area contributed by atoms with Crippen molar-refractivity contribution in [3.8, 4) is 0 Å². The largest absolute Gasteiger partial charge is 0.416 e. The lowest BCUT2D eigenvalue weighted by molar-refractivity contribution is 0.258. The van der Waals surface area contributed by atoms with Crippen molar-refractivity contribution < 1.29 is 29.2 Å². The van der Waals surface area contributed by atoms with Crippen molar-refractivity contribution in [2.75, 3.05) is 6.61 Å². The quantitative estimate of drug-likeness (QED) is 0.380. The Morgan fingerprint density at radius 2 is 1.19 bits per heavy atom. The van der Waals surface area contributed by atoms with Gasteiger partial charge in [0.1, 0.15) is 0 Å². The summed E-state index contributed by atoms with van der Waals surface area (Å²) in [6, 6.07) is 0. The molecule has 0 aromatic rings. The molecular weight excluding hydrogens is 320 g/mol. The molecule has 0 rings (SSSR count). The number of hydrogen-bond acceptors (Lipinski definition) is 6. The summed E-state index contributed by atoms with van der Waals surface area (Å²) in [4.78, 5) is 0. The summed E-state index contributed by atoms with van der Waals surface area (Å²) in [5.74, 6) is 0. The molecule has 7 nitrogen and oxygen atoms in total. The fourth-order valence-electron chi connectivity index (χ4n) is 1.88. The number of unbranched alkanes of at least 4 members (excludes halogenated alkanes) is 9. The molecule has 0 aliphatic carbocycles. The molecule has 0 fully saturated rings. The Kier molecular flexibility index (Phi) is 11.2. The predicted octanol–water partition coefficient (Wildman–Crippen LogP) is 2.99. The smallest absolute Gasteiger partial charge is 0.263 e. The minimum Gasteiger partial charge on any atom is -0.263 e. The van der Waals surface area contributed by atoms with E-state index in [9.17, 15) is 16.8 Å². The van der Waals surface area contributed by atoms with E-state index in [0.717, 1.165) is 19.3 Å². The van der Waals surface area contributed by atoms with Gasteiger partial charge in [0, 0.05) is 0 Å². The molecular formula is C12H26O7S2. The van der Waals surface area contributed by atoms with Gasteiger partial charge in [0.2, 0.25) is 0 Å². The molecule has 0 atom stereocenters. The van der Waals surface area contributed by atoms with Crippen LogP contribution in [0.2, 0.25) is 0 Å². The third-order valence-electron chi connectivity index (χ3n) is 2.89. The molecule has 0 heterocycles. The molecule has 21 heavy (non-hydrogen) atoms. The van der Waals surface area contributed by atoms with Gasteiger partial charge in [-0.05, 0) is 6.42 Å². The van der Waals surface area contributed by atoms with Crippen LogP contribution < -0.4 is 0 Å². The minimum atomic E-state index is -5.06. The number of rotatable bonds is 14. The first-order valence-electron chi connectivity index (χ1n) is 7.35. The highest BCUT2D eigenvalue weighted by Crippen LogP contribution is 2.11. The standard InChI is InChI=1S/C12H26O7S2/c1-2-3-4-5-6-7-8-9-10-11-12-18-21(16,17)19-20(13,14)15/h2-12H2,1H3,(H,13,14,15). The van der Waals surface area contributed by atoms with E-state index in [-0.39, 0.29) is 6.61 Å². The van der Waals surface area contributed by atoms with Crippen molar-refractivity contribution in [2.24, 2.45) is 0 Å². The molecule has 0 spiro atoms. The second-order valence-corrected chi connectivity index (χ2v) is 7.36. The summed E-state index contributed by atoms with van der Waals surface area (Å²) >= 11 is 0. The summed E-state index contributed by atoms with van der Waals surface area (Å²) in [6.07, 6.45) is 10.9. The van der Waals surface area contributed by atoms with Crippen LogP contribution in [0.5, 0.6) is 0 Å². The second kappa shape index (κ2) is 11.4. The summed E-state index contributed by atoms with van der Waals surface area (Å²) in [7, 11) is -9.75. The Balaban J connectivity index is 3.44. The van der Waals surface area contributed by atoms with Gasteiger partial charge in [0.05, 0.1) is 6.61 Å². The van der Waals surface area contributed by atoms with E-state index in [1.807, 2.05) is 0 Å². The van der Waals surface area contributed by atoms with E-state index < -0.39 is 20.8 Å². The lowest BCUT2D eigenvalue weighted by atomic mass is 10.1. The van der Waals surface area contributed by atoms with E-state index in [4.69, 9.17) is 4.55 Å². The van der Waals surface area contributed by atoms with E-state index in [2.05, 4.69) is 14.7 Å². The van der Waals surface area contributed by atoms with E-state index >= 15 is 0 Å². The van der Waals surface area contributed by atoms with E-state index in [1.165, 1.54) is 38.5 Å². The van der Waals surface area contributed by atoms with Crippen LogP contribution in [-0.2, 0) is 28.6 Å². The Bertz CT molecular complexity index is 442. The molecule has 0 aromatic carbocycles. The maximum Gasteiger partial charge on any atom is 0.416 e. The van der Waals surface area contributed by atoms with Crippen LogP contribution in [0, 0.1) is 0 Å². The van der Waals surface area contributed by atoms with Gasteiger partial charge >= 0.3 is 20.8 Å². The van der Waals surface area contributed by atoms with Crippen molar-refractivity contribution in [3.63, 3.8) is 0 Å². The zero-order chi connectivity index (χ0) is 16.2. The van der Waals surface area contributed by atoms with E-state index in [0.29, 0.717) is 6.42 Å². The van der Waals surface area contributed by atoms with Gasteiger partial charge in [0.15, 0.2) is 0 Å². The Hall–Kier alpha value is -0.220. The topological polar surface area (TPSA) is 107 Å². The van der Waals surface area contributed by atoms with Gasteiger partial charge in [-0.1, -0.05) is 64.7 Å². The van der Waals surface area contributed by atoms with Gasteiger partial charge in [-0.15, -0.1) is 3.63 Å². The fourth-order valence-corrected chi connectivity index (χ4v) is 3.20. The van der Waals surface area contributed by atoms with Crippen LogP contribution in [0.15, 0.2) is 0 Å². The first kappa shape index (κ1) is 20.8. The second-order valence-electron chi connectivity index (χ2n) is 4.91. The van der Waals surface area contributed by atoms with Crippen LogP contribution in [0.25, 0.3) is 0 Å². The summed E-state index contributed by atoms with van der Waals surface area (Å²) in [6.45, 7) is 2.03. The van der Waals surface area contributed by atoms with Gasteiger partial charge in [-0.2, -0.15) is 16.8 Å². The molecule has 0 bridgehead atoms. The summed E-state index contributed by atoms with van der Waals surface area (Å²) in [5, 5.41) is 0. The molecule has 9 heteroatoms. The Labute approximate surface area is 128 Å². The molecule has 0 radical (unpaired) electrons. The molecule has 0 amide bonds. The van der Waals surface area contributed by atoms with Crippen molar-refractivity contribution in [2.45, 2.75) is 71.1 Å². The summed E-state index contributed by atoms with van der Waals surface area (Å²) < 4.78 is 58.2. The van der Waals surface area contributed by atoms with Crippen LogP contribution >= 0.6 is 0 Å². The van der Waals surface area contributed by atoms with Gasteiger partial charge in [-0.25, -0.2) is 4.18 Å². The summed E-state index contributed by atoms with van der Waals surface area (Å²) in [5.41, 5.74) is 0. The van der Waals surface area contributed by atoms with Crippen LogP contribution in [0.1, 0.15) is 71.1 Å². The van der Waals surface area contributed by atoms with Gasteiger partial charge in [0.25, 0.3) is 0 Å². The molecule has 1 N–H and O–H groups in total. The highest BCUT2D eigenvalue weighted by molar-refractivity contribution is 7.94. The molecule has 0 unspecified atom stereocenters. The average molecular weight is 346 g/mol. The first-order valence-corrected chi connectivity index (χ1v) is 10.0. The zero-order valence-corrected chi connectivity index (χ0v) is 14.1. The fraction of sp³-hybridized carbons (Fsp3) is 1.00. The normalized spacial score (nSPS) is 12.7. The molecule has 0 aromatic heterocycles. The molecule has 0 aliphatic heterocycles. The number of hydrogen-bond donors (Lipinski definition) is 1. The maximum atomic E-state index is 10.9. The molecule has 0 saturated heterocycles.